The van der Waals surface area contributed by atoms with E-state index in [-0.39, 0.29) is 12.8 Å². The SMILES string of the molecule is Cc1cc(C)c(C(=O)NC(CCC(N)=O)C(=O)O)c(C)c1. The monoisotopic (exact) mass is 292 g/mol. The van der Waals surface area contributed by atoms with E-state index < -0.39 is 23.8 Å². The van der Waals surface area contributed by atoms with Gasteiger partial charge in [-0.2, -0.15) is 0 Å². The zero-order chi connectivity index (χ0) is 16.2. The fourth-order valence-electron chi connectivity index (χ4n) is 2.31. The molecule has 6 heteroatoms. The summed E-state index contributed by atoms with van der Waals surface area (Å²) in [5.74, 6) is -2.24. The van der Waals surface area contributed by atoms with E-state index in [0.29, 0.717) is 5.56 Å². The summed E-state index contributed by atoms with van der Waals surface area (Å²) in [6.07, 6.45) is -0.122. The number of nitrogens with one attached hydrogen (secondary N) is 1. The van der Waals surface area contributed by atoms with Crippen LogP contribution in [-0.4, -0.2) is 28.9 Å². The van der Waals surface area contributed by atoms with Crippen LogP contribution in [0.2, 0.25) is 0 Å². The average molecular weight is 292 g/mol. The predicted molar refractivity (Wildman–Crippen MR) is 78.0 cm³/mol. The molecule has 1 unspecified atom stereocenters. The summed E-state index contributed by atoms with van der Waals surface area (Å²) >= 11 is 0. The number of carboxylic acids is 1. The van der Waals surface area contributed by atoms with Crippen molar-refractivity contribution in [1.82, 2.24) is 5.32 Å². The molecule has 0 aliphatic heterocycles. The summed E-state index contributed by atoms with van der Waals surface area (Å²) < 4.78 is 0. The Balaban J connectivity index is 2.92. The summed E-state index contributed by atoms with van der Waals surface area (Å²) in [4.78, 5) is 34.1. The van der Waals surface area contributed by atoms with E-state index in [2.05, 4.69) is 5.32 Å². The number of nitrogens with two attached hydrogens (primary N) is 1. The quantitative estimate of drug-likeness (QED) is 0.728. The summed E-state index contributed by atoms with van der Waals surface area (Å²) in [5, 5.41) is 11.5. The zero-order valence-corrected chi connectivity index (χ0v) is 12.4. The molecule has 0 aliphatic rings. The number of carboxylic acid groups (broad SMARTS) is 1. The first-order valence-electron chi connectivity index (χ1n) is 6.62. The fourth-order valence-corrected chi connectivity index (χ4v) is 2.31. The van der Waals surface area contributed by atoms with Gasteiger partial charge in [-0.15, -0.1) is 0 Å². The lowest BCUT2D eigenvalue weighted by molar-refractivity contribution is -0.139. The lowest BCUT2D eigenvalue weighted by atomic mass is 9.98. The van der Waals surface area contributed by atoms with Crippen LogP contribution in [0.25, 0.3) is 0 Å². The molecular weight excluding hydrogens is 272 g/mol. The van der Waals surface area contributed by atoms with Crippen LogP contribution in [0.4, 0.5) is 0 Å². The van der Waals surface area contributed by atoms with Crippen LogP contribution in [0.5, 0.6) is 0 Å². The highest BCUT2D eigenvalue weighted by atomic mass is 16.4. The van der Waals surface area contributed by atoms with Gasteiger partial charge in [-0.3, -0.25) is 9.59 Å². The van der Waals surface area contributed by atoms with Gasteiger partial charge in [0, 0.05) is 12.0 Å². The smallest absolute Gasteiger partial charge is 0.326 e. The zero-order valence-electron chi connectivity index (χ0n) is 12.4. The minimum absolute atomic E-state index is 0.0274. The van der Waals surface area contributed by atoms with Gasteiger partial charge in [0.15, 0.2) is 0 Å². The summed E-state index contributed by atoms with van der Waals surface area (Å²) in [5.41, 5.74) is 8.06. The first-order valence-corrected chi connectivity index (χ1v) is 6.62. The van der Waals surface area contributed by atoms with Gasteiger partial charge in [-0.1, -0.05) is 17.7 Å². The lowest BCUT2D eigenvalue weighted by Gasteiger charge is -2.16. The molecule has 0 heterocycles. The number of benzene rings is 1. The predicted octanol–water partition coefficient (Wildman–Crippen LogP) is 1.06. The van der Waals surface area contributed by atoms with Crippen LogP contribution in [0, 0.1) is 20.8 Å². The maximum absolute atomic E-state index is 12.3. The average Bonchev–Trinajstić information content (AvgIpc) is 2.32. The molecule has 21 heavy (non-hydrogen) atoms. The number of rotatable bonds is 6. The van der Waals surface area contributed by atoms with Gasteiger partial charge >= 0.3 is 5.97 Å². The Labute approximate surface area is 123 Å². The normalized spacial score (nSPS) is 11.8. The molecule has 1 rings (SSSR count). The Morgan fingerprint density at radius 3 is 2.14 bits per heavy atom. The van der Waals surface area contributed by atoms with Gasteiger partial charge in [0.2, 0.25) is 5.91 Å². The maximum Gasteiger partial charge on any atom is 0.326 e. The molecule has 0 saturated heterocycles. The van der Waals surface area contributed by atoms with Crippen LogP contribution < -0.4 is 11.1 Å². The minimum Gasteiger partial charge on any atom is -0.480 e. The second-order valence-corrected chi connectivity index (χ2v) is 5.14. The standard InChI is InChI=1S/C15H20N2O4/c1-8-6-9(2)13(10(3)7-8)14(19)17-11(15(20)21)4-5-12(16)18/h6-7,11H,4-5H2,1-3H3,(H2,16,18)(H,17,19)(H,20,21). The molecule has 114 valence electrons. The fraction of sp³-hybridized carbons (Fsp3) is 0.400. The number of carbonyl (C=O) groups excluding carboxylic acids is 2. The van der Waals surface area contributed by atoms with Gasteiger partial charge in [-0.05, 0) is 38.3 Å². The lowest BCUT2D eigenvalue weighted by Crippen LogP contribution is -2.41. The Bertz CT molecular complexity index is 558. The number of aryl methyl sites for hydroxylation is 3. The van der Waals surface area contributed by atoms with E-state index in [1.807, 2.05) is 19.1 Å². The first-order chi connectivity index (χ1) is 9.72. The van der Waals surface area contributed by atoms with Crippen molar-refractivity contribution in [3.63, 3.8) is 0 Å². The Morgan fingerprint density at radius 2 is 1.71 bits per heavy atom. The van der Waals surface area contributed by atoms with Crippen molar-refractivity contribution >= 4 is 17.8 Å². The van der Waals surface area contributed by atoms with Crippen LogP contribution >= 0.6 is 0 Å². The second kappa shape index (κ2) is 6.88. The first kappa shape index (κ1) is 16.7. The molecule has 4 N–H and O–H groups in total. The van der Waals surface area contributed by atoms with Gasteiger partial charge in [0.25, 0.3) is 5.91 Å². The van der Waals surface area contributed by atoms with Crippen molar-refractivity contribution in [2.45, 2.75) is 39.7 Å². The molecule has 6 nitrogen and oxygen atoms in total. The van der Waals surface area contributed by atoms with Crippen molar-refractivity contribution in [2.75, 3.05) is 0 Å². The molecule has 1 atom stereocenters. The van der Waals surface area contributed by atoms with Crippen LogP contribution in [0.15, 0.2) is 12.1 Å². The van der Waals surface area contributed by atoms with Crippen molar-refractivity contribution in [3.05, 3.63) is 34.4 Å². The molecule has 0 fully saturated rings. The second-order valence-electron chi connectivity index (χ2n) is 5.14. The highest BCUT2D eigenvalue weighted by Crippen LogP contribution is 2.16. The van der Waals surface area contributed by atoms with Gasteiger partial charge in [0.1, 0.15) is 6.04 Å². The van der Waals surface area contributed by atoms with E-state index in [9.17, 15) is 14.4 Å². The van der Waals surface area contributed by atoms with E-state index in [1.165, 1.54) is 0 Å². The Morgan fingerprint density at radius 1 is 1.19 bits per heavy atom. The van der Waals surface area contributed by atoms with Crippen LogP contribution in [0.3, 0.4) is 0 Å². The molecule has 0 aliphatic carbocycles. The number of primary amides is 1. The number of carbonyl (C=O) groups is 3. The van der Waals surface area contributed by atoms with E-state index >= 15 is 0 Å². The summed E-state index contributed by atoms with van der Waals surface area (Å²) in [6, 6.07) is 2.59. The third kappa shape index (κ3) is 4.59. The van der Waals surface area contributed by atoms with Crippen molar-refractivity contribution in [3.8, 4) is 0 Å². The largest absolute Gasteiger partial charge is 0.480 e. The Kier molecular flexibility index (Phi) is 5.46. The third-order valence-corrected chi connectivity index (χ3v) is 3.19. The van der Waals surface area contributed by atoms with E-state index in [1.54, 1.807) is 13.8 Å². The summed E-state index contributed by atoms with van der Waals surface area (Å²) in [7, 11) is 0. The summed E-state index contributed by atoms with van der Waals surface area (Å²) in [6.45, 7) is 5.52. The highest BCUT2D eigenvalue weighted by molar-refractivity contribution is 5.99. The molecule has 1 aromatic carbocycles. The van der Waals surface area contributed by atoms with Gasteiger partial charge in [-0.25, -0.2) is 4.79 Å². The maximum atomic E-state index is 12.3. The molecule has 0 aromatic heterocycles. The van der Waals surface area contributed by atoms with Crippen molar-refractivity contribution in [1.29, 1.82) is 0 Å². The number of amides is 2. The Hall–Kier alpha value is -2.37. The molecule has 2 amide bonds. The molecule has 0 saturated carbocycles. The molecule has 0 radical (unpaired) electrons. The highest BCUT2D eigenvalue weighted by Gasteiger charge is 2.22. The topological polar surface area (TPSA) is 109 Å². The van der Waals surface area contributed by atoms with Crippen molar-refractivity contribution in [2.24, 2.45) is 5.73 Å². The van der Waals surface area contributed by atoms with Crippen LogP contribution in [-0.2, 0) is 9.59 Å². The number of hydrogen-bond acceptors (Lipinski definition) is 3. The molecule has 1 aromatic rings. The van der Waals surface area contributed by atoms with Crippen molar-refractivity contribution < 1.29 is 19.5 Å². The van der Waals surface area contributed by atoms with E-state index in [0.717, 1.165) is 16.7 Å². The number of hydrogen-bond donors (Lipinski definition) is 3. The molecular formula is C15H20N2O4. The van der Waals surface area contributed by atoms with Gasteiger partial charge in [0.05, 0.1) is 0 Å². The van der Waals surface area contributed by atoms with Crippen LogP contribution in [0.1, 0.15) is 39.9 Å². The van der Waals surface area contributed by atoms with Gasteiger partial charge < -0.3 is 16.2 Å². The third-order valence-electron chi connectivity index (χ3n) is 3.19. The molecule has 0 spiro atoms. The van der Waals surface area contributed by atoms with E-state index in [4.69, 9.17) is 10.8 Å². The molecule has 0 bridgehead atoms. The minimum atomic E-state index is -1.19. The number of aliphatic carboxylic acids is 1.